The summed E-state index contributed by atoms with van der Waals surface area (Å²) in [5.74, 6) is 4.53. The zero-order chi connectivity index (χ0) is 10.6. The molecule has 0 heterocycles. The molecule has 0 saturated carbocycles. The van der Waals surface area contributed by atoms with Crippen LogP contribution in [0, 0.1) is 29.0 Å². The van der Waals surface area contributed by atoms with Crippen LogP contribution in [0.2, 0.25) is 10.0 Å². The van der Waals surface area contributed by atoms with Gasteiger partial charge in [0.05, 0.1) is 22.5 Å². The summed E-state index contributed by atoms with van der Waals surface area (Å²) in [5, 5.41) is 8.23. The van der Waals surface area contributed by atoms with Crippen molar-refractivity contribution in [2.45, 2.75) is 6.42 Å². The molecular formula is C10H4Cl2FN. The topological polar surface area (TPSA) is 23.8 Å². The highest BCUT2D eigenvalue weighted by molar-refractivity contribution is 6.42. The van der Waals surface area contributed by atoms with Crippen LogP contribution in [-0.2, 0) is 0 Å². The quantitative estimate of drug-likeness (QED) is 0.493. The lowest BCUT2D eigenvalue weighted by Gasteiger charge is -1.97. The first kappa shape index (κ1) is 10.9. The summed E-state index contributed by atoms with van der Waals surface area (Å²) in [6.45, 7) is 0. The Morgan fingerprint density at radius 1 is 1.36 bits per heavy atom. The Balaban J connectivity index is 3.04. The van der Waals surface area contributed by atoms with Crippen LogP contribution in [0.5, 0.6) is 0 Å². The standard InChI is InChI=1S/C10H4Cl2FN/c11-8-5-7(3-1-2-4-14)6-9(13)10(8)12/h5-6H,2H2. The Hall–Kier alpha value is -1.22. The summed E-state index contributed by atoms with van der Waals surface area (Å²) in [4.78, 5) is 0. The van der Waals surface area contributed by atoms with E-state index in [4.69, 9.17) is 28.5 Å². The Labute approximate surface area is 91.1 Å². The normalized spacial score (nSPS) is 8.71. The molecule has 0 aliphatic carbocycles. The number of nitriles is 1. The fourth-order valence-electron chi connectivity index (χ4n) is 0.813. The summed E-state index contributed by atoms with van der Waals surface area (Å²) < 4.78 is 13.0. The van der Waals surface area contributed by atoms with Crippen LogP contribution in [0.1, 0.15) is 12.0 Å². The molecule has 0 amide bonds. The molecule has 4 heteroatoms. The van der Waals surface area contributed by atoms with Gasteiger partial charge in [0.25, 0.3) is 0 Å². The minimum absolute atomic E-state index is 0.0991. The van der Waals surface area contributed by atoms with E-state index in [0.717, 1.165) is 0 Å². The Kier molecular flexibility index (Phi) is 3.77. The molecule has 1 rings (SSSR count). The van der Waals surface area contributed by atoms with Crippen LogP contribution >= 0.6 is 23.2 Å². The Morgan fingerprint density at radius 3 is 2.64 bits per heavy atom. The minimum Gasteiger partial charge on any atom is -0.205 e. The second kappa shape index (κ2) is 4.86. The molecule has 0 unspecified atom stereocenters. The maximum atomic E-state index is 13.0. The van der Waals surface area contributed by atoms with Gasteiger partial charge < -0.3 is 0 Å². The van der Waals surface area contributed by atoms with E-state index in [0.29, 0.717) is 5.56 Å². The van der Waals surface area contributed by atoms with Crippen LogP contribution in [0.4, 0.5) is 4.39 Å². The summed E-state index contributed by atoms with van der Waals surface area (Å²) in [6.07, 6.45) is 0.0991. The average Bonchev–Trinajstić information content (AvgIpc) is 2.14. The lowest BCUT2D eigenvalue weighted by molar-refractivity contribution is 0.628. The first-order chi connectivity index (χ1) is 6.65. The van der Waals surface area contributed by atoms with Crippen molar-refractivity contribution in [3.63, 3.8) is 0 Å². The van der Waals surface area contributed by atoms with Crippen LogP contribution in [-0.4, -0.2) is 0 Å². The molecule has 0 N–H and O–H groups in total. The first-order valence-corrected chi connectivity index (χ1v) is 4.41. The summed E-state index contributed by atoms with van der Waals surface area (Å²) in [5.41, 5.74) is 0.409. The van der Waals surface area contributed by atoms with Crippen molar-refractivity contribution in [1.29, 1.82) is 5.26 Å². The number of halogens is 3. The molecule has 0 radical (unpaired) electrons. The lowest BCUT2D eigenvalue weighted by atomic mass is 10.2. The molecule has 0 bridgehead atoms. The predicted molar refractivity (Wildman–Crippen MR) is 53.5 cm³/mol. The van der Waals surface area contributed by atoms with Gasteiger partial charge in [0.15, 0.2) is 0 Å². The van der Waals surface area contributed by atoms with Crippen molar-refractivity contribution >= 4 is 23.2 Å². The van der Waals surface area contributed by atoms with E-state index in [1.807, 2.05) is 6.07 Å². The third-order valence-electron chi connectivity index (χ3n) is 1.38. The number of nitrogens with zero attached hydrogens (tertiary/aromatic N) is 1. The van der Waals surface area contributed by atoms with Gasteiger partial charge in [-0.25, -0.2) is 4.39 Å². The van der Waals surface area contributed by atoms with E-state index in [-0.39, 0.29) is 16.5 Å². The first-order valence-electron chi connectivity index (χ1n) is 3.65. The van der Waals surface area contributed by atoms with E-state index in [1.165, 1.54) is 12.1 Å². The van der Waals surface area contributed by atoms with Crippen molar-refractivity contribution in [3.8, 4) is 17.9 Å². The molecule has 0 fully saturated rings. The van der Waals surface area contributed by atoms with E-state index in [1.54, 1.807) is 0 Å². The third kappa shape index (κ3) is 2.64. The Bertz CT molecular complexity index is 428. The molecule has 0 aliphatic heterocycles. The van der Waals surface area contributed by atoms with Gasteiger partial charge in [0, 0.05) is 5.56 Å². The van der Waals surface area contributed by atoms with Gasteiger partial charge in [0.1, 0.15) is 5.82 Å². The Morgan fingerprint density at radius 2 is 2.07 bits per heavy atom. The van der Waals surface area contributed by atoms with E-state index in [2.05, 4.69) is 11.8 Å². The molecular weight excluding hydrogens is 224 g/mol. The molecule has 1 aromatic carbocycles. The van der Waals surface area contributed by atoms with Crippen LogP contribution in [0.15, 0.2) is 12.1 Å². The monoisotopic (exact) mass is 227 g/mol. The molecule has 0 spiro atoms. The van der Waals surface area contributed by atoms with Crippen molar-refractivity contribution < 1.29 is 4.39 Å². The maximum Gasteiger partial charge on any atom is 0.144 e. The molecule has 0 aliphatic rings. The van der Waals surface area contributed by atoms with Crippen LogP contribution < -0.4 is 0 Å². The summed E-state index contributed by atoms with van der Waals surface area (Å²) in [7, 11) is 0. The SMILES string of the molecule is N#CCC#Cc1cc(F)c(Cl)c(Cl)c1. The van der Waals surface area contributed by atoms with Gasteiger partial charge in [-0.3, -0.25) is 0 Å². The highest BCUT2D eigenvalue weighted by atomic mass is 35.5. The van der Waals surface area contributed by atoms with Gasteiger partial charge in [0.2, 0.25) is 0 Å². The van der Waals surface area contributed by atoms with Gasteiger partial charge in [-0.2, -0.15) is 5.26 Å². The van der Waals surface area contributed by atoms with E-state index >= 15 is 0 Å². The smallest absolute Gasteiger partial charge is 0.144 e. The van der Waals surface area contributed by atoms with Crippen LogP contribution in [0.3, 0.4) is 0 Å². The van der Waals surface area contributed by atoms with Crippen LogP contribution in [0.25, 0.3) is 0 Å². The summed E-state index contributed by atoms with van der Waals surface area (Å²) in [6, 6.07) is 4.49. The van der Waals surface area contributed by atoms with Crippen molar-refractivity contribution in [2.75, 3.05) is 0 Å². The lowest BCUT2D eigenvalue weighted by Crippen LogP contribution is -1.82. The number of rotatable bonds is 0. The van der Waals surface area contributed by atoms with E-state index in [9.17, 15) is 4.39 Å². The number of hydrogen-bond acceptors (Lipinski definition) is 1. The largest absolute Gasteiger partial charge is 0.205 e. The molecule has 0 atom stereocenters. The average molecular weight is 228 g/mol. The predicted octanol–water partition coefficient (Wildman–Crippen LogP) is 3.40. The van der Waals surface area contributed by atoms with Crippen molar-refractivity contribution in [2.24, 2.45) is 0 Å². The highest BCUT2D eigenvalue weighted by Gasteiger charge is 2.05. The zero-order valence-corrected chi connectivity index (χ0v) is 8.45. The molecule has 1 aromatic rings. The van der Waals surface area contributed by atoms with Gasteiger partial charge >= 0.3 is 0 Å². The van der Waals surface area contributed by atoms with Gasteiger partial charge in [-0.15, -0.1) is 0 Å². The second-order valence-corrected chi connectivity index (χ2v) is 3.18. The highest BCUT2D eigenvalue weighted by Crippen LogP contribution is 2.25. The van der Waals surface area contributed by atoms with E-state index < -0.39 is 5.82 Å². The van der Waals surface area contributed by atoms with Gasteiger partial charge in [-0.05, 0) is 12.1 Å². The fourth-order valence-corrected chi connectivity index (χ4v) is 1.13. The number of hydrogen-bond donors (Lipinski definition) is 0. The fraction of sp³-hybridized carbons (Fsp3) is 0.100. The molecule has 0 saturated heterocycles. The van der Waals surface area contributed by atoms with Crippen molar-refractivity contribution in [3.05, 3.63) is 33.6 Å². The van der Waals surface area contributed by atoms with Gasteiger partial charge in [-0.1, -0.05) is 35.0 Å². The minimum atomic E-state index is -0.611. The molecule has 14 heavy (non-hydrogen) atoms. The molecule has 70 valence electrons. The maximum absolute atomic E-state index is 13.0. The summed E-state index contributed by atoms with van der Waals surface area (Å²) >= 11 is 11.1. The number of benzene rings is 1. The van der Waals surface area contributed by atoms with Crippen molar-refractivity contribution in [1.82, 2.24) is 0 Å². The molecule has 1 nitrogen and oxygen atoms in total. The zero-order valence-electron chi connectivity index (χ0n) is 6.94. The second-order valence-electron chi connectivity index (χ2n) is 2.39. The molecule has 0 aromatic heterocycles. The third-order valence-corrected chi connectivity index (χ3v) is 2.16.